The second-order valence-electron chi connectivity index (χ2n) is 6.03. The molecule has 2 amide bonds. The third-order valence-corrected chi connectivity index (χ3v) is 4.51. The van der Waals surface area contributed by atoms with Gasteiger partial charge in [0.15, 0.2) is 0 Å². The van der Waals surface area contributed by atoms with Crippen molar-refractivity contribution in [3.8, 4) is 5.75 Å². The molecule has 0 unspecified atom stereocenters. The third-order valence-electron chi connectivity index (χ3n) is 4.51. The van der Waals surface area contributed by atoms with Gasteiger partial charge in [0, 0.05) is 26.2 Å². The highest BCUT2D eigenvalue weighted by molar-refractivity contribution is 6.23. The van der Waals surface area contributed by atoms with E-state index >= 15 is 0 Å². The smallest absolute Gasteiger partial charge is 0.251 e. The Balaban J connectivity index is 1.82. The lowest BCUT2D eigenvalue weighted by Crippen LogP contribution is -2.51. The molecule has 6 nitrogen and oxygen atoms in total. The molecule has 2 heterocycles. The average molecular weight is 317 g/mol. The molecule has 3 rings (SSSR count). The largest absolute Gasteiger partial charge is 0.492 e. The van der Waals surface area contributed by atoms with E-state index in [1.54, 1.807) is 12.1 Å². The minimum Gasteiger partial charge on any atom is -0.492 e. The first-order valence-corrected chi connectivity index (χ1v) is 8.13. The molecule has 0 bridgehead atoms. The van der Waals surface area contributed by atoms with Crippen molar-refractivity contribution in [1.29, 1.82) is 0 Å². The first kappa shape index (κ1) is 16.0. The molecule has 0 spiro atoms. The van der Waals surface area contributed by atoms with Crippen LogP contribution in [0.4, 0.5) is 5.69 Å². The van der Waals surface area contributed by atoms with Crippen LogP contribution in [0.1, 0.15) is 13.3 Å². The SMILES string of the molecule is CCOc1ccccc1N1C(=O)C[C@@H](N2CCN(C)CC2)C1=O. The zero-order chi connectivity index (χ0) is 16.4. The van der Waals surface area contributed by atoms with Crippen LogP contribution in [0.5, 0.6) is 5.75 Å². The summed E-state index contributed by atoms with van der Waals surface area (Å²) in [6, 6.07) is 6.89. The molecule has 0 aliphatic carbocycles. The predicted molar refractivity (Wildman–Crippen MR) is 87.6 cm³/mol. The quantitative estimate of drug-likeness (QED) is 0.775. The van der Waals surface area contributed by atoms with E-state index in [4.69, 9.17) is 4.74 Å². The zero-order valence-corrected chi connectivity index (χ0v) is 13.7. The average Bonchev–Trinajstić information content (AvgIpc) is 2.84. The van der Waals surface area contributed by atoms with Crippen LogP contribution < -0.4 is 9.64 Å². The van der Waals surface area contributed by atoms with Crippen LogP contribution in [-0.2, 0) is 9.59 Å². The molecule has 6 heteroatoms. The van der Waals surface area contributed by atoms with Gasteiger partial charge in [-0.2, -0.15) is 0 Å². The summed E-state index contributed by atoms with van der Waals surface area (Å²) >= 11 is 0. The highest BCUT2D eigenvalue weighted by atomic mass is 16.5. The molecule has 2 aliphatic heterocycles. The Hall–Kier alpha value is -1.92. The molecule has 2 fully saturated rings. The van der Waals surface area contributed by atoms with Crippen molar-refractivity contribution in [3.05, 3.63) is 24.3 Å². The maximum Gasteiger partial charge on any atom is 0.251 e. The molecule has 0 radical (unpaired) electrons. The van der Waals surface area contributed by atoms with Crippen molar-refractivity contribution < 1.29 is 14.3 Å². The first-order valence-electron chi connectivity index (χ1n) is 8.13. The van der Waals surface area contributed by atoms with E-state index in [-0.39, 0.29) is 24.3 Å². The van der Waals surface area contributed by atoms with Crippen molar-refractivity contribution in [2.75, 3.05) is 44.7 Å². The number of imide groups is 1. The Bertz CT molecular complexity index is 597. The molecule has 1 aromatic carbocycles. The minimum absolute atomic E-state index is 0.133. The summed E-state index contributed by atoms with van der Waals surface area (Å²) in [5, 5.41) is 0. The number of amides is 2. The van der Waals surface area contributed by atoms with Crippen molar-refractivity contribution in [1.82, 2.24) is 9.80 Å². The summed E-state index contributed by atoms with van der Waals surface area (Å²) in [6.45, 7) is 5.87. The predicted octanol–water partition coefficient (Wildman–Crippen LogP) is 0.965. The van der Waals surface area contributed by atoms with Gasteiger partial charge >= 0.3 is 0 Å². The monoisotopic (exact) mass is 317 g/mol. The molecular formula is C17H23N3O3. The Morgan fingerprint density at radius 1 is 1.13 bits per heavy atom. The number of anilines is 1. The Morgan fingerprint density at radius 2 is 1.83 bits per heavy atom. The van der Waals surface area contributed by atoms with Crippen molar-refractivity contribution in [2.24, 2.45) is 0 Å². The van der Waals surface area contributed by atoms with Gasteiger partial charge in [0.1, 0.15) is 5.75 Å². The van der Waals surface area contributed by atoms with Crippen LogP contribution in [0.25, 0.3) is 0 Å². The fourth-order valence-corrected chi connectivity index (χ4v) is 3.21. The standard InChI is InChI=1S/C17H23N3O3/c1-3-23-15-7-5-4-6-13(15)20-16(21)12-14(17(20)22)19-10-8-18(2)9-11-19/h4-7,14H,3,8-12H2,1-2H3/t14-/m1/s1. The second-order valence-corrected chi connectivity index (χ2v) is 6.03. The number of carbonyl (C=O) groups excluding carboxylic acids is 2. The molecule has 1 atom stereocenters. The van der Waals surface area contributed by atoms with Crippen LogP contribution in [0, 0.1) is 0 Å². The molecule has 0 N–H and O–H groups in total. The summed E-state index contributed by atoms with van der Waals surface area (Å²) in [6.07, 6.45) is 0.253. The number of ether oxygens (including phenoxy) is 1. The lowest BCUT2D eigenvalue weighted by Gasteiger charge is -2.35. The number of hydrogen-bond donors (Lipinski definition) is 0. The van der Waals surface area contributed by atoms with Gasteiger partial charge in [-0.3, -0.25) is 14.5 Å². The fourth-order valence-electron chi connectivity index (χ4n) is 3.21. The zero-order valence-electron chi connectivity index (χ0n) is 13.7. The molecule has 23 heavy (non-hydrogen) atoms. The van der Waals surface area contributed by atoms with E-state index in [1.165, 1.54) is 4.90 Å². The Kier molecular flexibility index (Phi) is 4.63. The van der Waals surface area contributed by atoms with Gasteiger partial charge in [-0.05, 0) is 26.1 Å². The summed E-state index contributed by atoms with van der Waals surface area (Å²) in [5.74, 6) is 0.300. The molecule has 0 saturated carbocycles. The van der Waals surface area contributed by atoms with Crippen LogP contribution in [0.3, 0.4) is 0 Å². The fraction of sp³-hybridized carbons (Fsp3) is 0.529. The molecule has 124 valence electrons. The van der Waals surface area contributed by atoms with E-state index in [9.17, 15) is 9.59 Å². The highest BCUT2D eigenvalue weighted by Gasteiger charge is 2.44. The van der Waals surface area contributed by atoms with E-state index < -0.39 is 0 Å². The van der Waals surface area contributed by atoms with Crippen molar-refractivity contribution >= 4 is 17.5 Å². The first-order chi connectivity index (χ1) is 11.1. The van der Waals surface area contributed by atoms with Gasteiger partial charge in [-0.15, -0.1) is 0 Å². The molecule has 2 saturated heterocycles. The van der Waals surface area contributed by atoms with Crippen molar-refractivity contribution in [2.45, 2.75) is 19.4 Å². The van der Waals surface area contributed by atoms with Gasteiger partial charge < -0.3 is 9.64 Å². The summed E-state index contributed by atoms with van der Waals surface area (Å²) < 4.78 is 5.57. The number of nitrogens with zero attached hydrogens (tertiary/aromatic N) is 3. The normalized spacial score (nSPS) is 23.6. The van der Waals surface area contributed by atoms with Gasteiger partial charge in [-0.25, -0.2) is 4.90 Å². The number of rotatable bonds is 4. The number of likely N-dealkylation sites (N-methyl/N-ethyl adjacent to an activating group) is 1. The van der Waals surface area contributed by atoms with E-state index in [0.29, 0.717) is 18.0 Å². The van der Waals surface area contributed by atoms with Crippen LogP contribution >= 0.6 is 0 Å². The maximum absolute atomic E-state index is 12.8. The molecule has 1 aromatic rings. The topological polar surface area (TPSA) is 53.1 Å². The van der Waals surface area contributed by atoms with E-state index in [0.717, 1.165) is 26.2 Å². The number of carbonyl (C=O) groups is 2. The minimum atomic E-state index is -0.342. The number of para-hydroxylation sites is 2. The van der Waals surface area contributed by atoms with Gasteiger partial charge in [0.2, 0.25) is 5.91 Å². The summed E-state index contributed by atoms with van der Waals surface area (Å²) in [7, 11) is 2.07. The third kappa shape index (κ3) is 3.09. The maximum atomic E-state index is 12.8. The molecule has 0 aromatic heterocycles. The van der Waals surface area contributed by atoms with Gasteiger partial charge in [0.05, 0.1) is 24.8 Å². The van der Waals surface area contributed by atoms with E-state index in [2.05, 4.69) is 16.8 Å². The van der Waals surface area contributed by atoms with Crippen LogP contribution in [0.2, 0.25) is 0 Å². The Labute approximate surface area is 136 Å². The van der Waals surface area contributed by atoms with E-state index in [1.807, 2.05) is 19.1 Å². The summed E-state index contributed by atoms with van der Waals surface area (Å²) in [4.78, 5) is 31.0. The van der Waals surface area contributed by atoms with Crippen LogP contribution in [-0.4, -0.2) is 67.5 Å². The number of piperazine rings is 1. The lowest BCUT2D eigenvalue weighted by atomic mass is 10.2. The number of benzene rings is 1. The molecule has 2 aliphatic rings. The summed E-state index contributed by atoms with van der Waals surface area (Å²) in [5.41, 5.74) is 0.556. The van der Waals surface area contributed by atoms with Crippen LogP contribution in [0.15, 0.2) is 24.3 Å². The number of hydrogen-bond acceptors (Lipinski definition) is 5. The van der Waals surface area contributed by atoms with Crippen molar-refractivity contribution in [3.63, 3.8) is 0 Å². The molecular weight excluding hydrogens is 294 g/mol. The van der Waals surface area contributed by atoms with Gasteiger partial charge in [0.25, 0.3) is 5.91 Å². The van der Waals surface area contributed by atoms with Gasteiger partial charge in [-0.1, -0.05) is 12.1 Å². The second kappa shape index (κ2) is 6.68. The Morgan fingerprint density at radius 3 is 2.52 bits per heavy atom. The lowest BCUT2D eigenvalue weighted by molar-refractivity contribution is -0.123. The highest BCUT2D eigenvalue weighted by Crippen LogP contribution is 2.33.